The highest BCUT2D eigenvalue weighted by Gasteiger charge is 2.06. The number of hydrogen-bond donors (Lipinski definition) is 0. The first kappa shape index (κ1) is 13.4. The van der Waals surface area contributed by atoms with Gasteiger partial charge < -0.3 is 0 Å². The SMILES string of the molecule is Cl.Cl.c1cncc(C2=NCCCC2)c1. The van der Waals surface area contributed by atoms with Crippen LogP contribution < -0.4 is 0 Å². The molecule has 0 aromatic carbocycles. The van der Waals surface area contributed by atoms with E-state index in [1.807, 2.05) is 12.3 Å². The molecule has 0 bridgehead atoms. The highest BCUT2D eigenvalue weighted by molar-refractivity contribution is 6.00. The molecule has 0 radical (unpaired) electrons. The first-order valence-electron chi connectivity index (χ1n) is 4.40. The van der Waals surface area contributed by atoms with Crippen LogP contribution in [0.15, 0.2) is 29.5 Å². The van der Waals surface area contributed by atoms with Gasteiger partial charge in [0.1, 0.15) is 0 Å². The zero-order valence-electron chi connectivity index (χ0n) is 7.85. The van der Waals surface area contributed by atoms with Gasteiger partial charge in [0.2, 0.25) is 0 Å². The molecule has 0 fully saturated rings. The smallest absolute Gasteiger partial charge is 0.0436 e. The average Bonchev–Trinajstić information content (AvgIpc) is 2.21. The maximum absolute atomic E-state index is 4.48. The number of rotatable bonds is 1. The molecule has 2 nitrogen and oxygen atoms in total. The molecule has 2 heterocycles. The fourth-order valence-corrected chi connectivity index (χ4v) is 1.47. The predicted octanol–water partition coefficient (Wildman–Crippen LogP) is 2.90. The molecule has 78 valence electrons. The van der Waals surface area contributed by atoms with E-state index in [4.69, 9.17) is 0 Å². The summed E-state index contributed by atoms with van der Waals surface area (Å²) in [6.07, 6.45) is 7.32. The number of nitrogens with zero attached hydrogens (tertiary/aromatic N) is 2. The van der Waals surface area contributed by atoms with Crippen molar-refractivity contribution in [3.63, 3.8) is 0 Å². The Morgan fingerprint density at radius 3 is 2.57 bits per heavy atom. The van der Waals surface area contributed by atoms with Gasteiger partial charge in [-0.05, 0) is 25.3 Å². The van der Waals surface area contributed by atoms with Crippen LogP contribution in [-0.4, -0.2) is 17.2 Å². The Balaban J connectivity index is 0.000000845. The van der Waals surface area contributed by atoms with Crippen LogP contribution in [0.4, 0.5) is 0 Å². The summed E-state index contributed by atoms with van der Waals surface area (Å²) >= 11 is 0. The van der Waals surface area contributed by atoms with Gasteiger partial charge in [-0.1, -0.05) is 6.07 Å². The van der Waals surface area contributed by atoms with Crippen LogP contribution in [0.3, 0.4) is 0 Å². The number of pyridine rings is 1. The normalized spacial score (nSPS) is 14.7. The standard InChI is InChI=1S/C10H12N2.2ClH/c1-2-7-12-10(5-1)9-4-3-6-11-8-9;;/h3-4,6,8H,1-2,5,7H2;2*1H. The lowest BCUT2D eigenvalue weighted by Gasteiger charge is -2.10. The van der Waals surface area contributed by atoms with Crippen molar-refractivity contribution in [2.45, 2.75) is 19.3 Å². The van der Waals surface area contributed by atoms with Gasteiger partial charge in [0.25, 0.3) is 0 Å². The Labute approximate surface area is 96.7 Å². The lowest BCUT2D eigenvalue weighted by Crippen LogP contribution is -2.07. The summed E-state index contributed by atoms with van der Waals surface area (Å²) in [5, 5.41) is 0. The first-order chi connectivity index (χ1) is 5.97. The quantitative estimate of drug-likeness (QED) is 0.732. The topological polar surface area (TPSA) is 25.2 Å². The summed E-state index contributed by atoms with van der Waals surface area (Å²) < 4.78 is 0. The van der Waals surface area contributed by atoms with E-state index in [1.165, 1.54) is 24.1 Å². The molecule has 0 spiro atoms. The largest absolute Gasteiger partial charge is 0.289 e. The molecular formula is C10H14Cl2N2. The van der Waals surface area contributed by atoms with Crippen LogP contribution in [0.5, 0.6) is 0 Å². The van der Waals surface area contributed by atoms with Crippen molar-refractivity contribution in [2.75, 3.05) is 6.54 Å². The summed E-state index contributed by atoms with van der Waals surface area (Å²) in [6.45, 7) is 0.990. The molecule has 0 atom stereocenters. The molecule has 14 heavy (non-hydrogen) atoms. The van der Waals surface area contributed by atoms with Gasteiger partial charge in [-0.15, -0.1) is 24.8 Å². The second-order valence-electron chi connectivity index (χ2n) is 3.03. The van der Waals surface area contributed by atoms with Crippen molar-refractivity contribution in [1.82, 2.24) is 4.98 Å². The van der Waals surface area contributed by atoms with Gasteiger partial charge in [0, 0.05) is 30.2 Å². The molecule has 1 aromatic heterocycles. The zero-order valence-corrected chi connectivity index (χ0v) is 9.48. The van der Waals surface area contributed by atoms with Crippen molar-refractivity contribution in [2.24, 2.45) is 4.99 Å². The molecule has 0 saturated heterocycles. The monoisotopic (exact) mass is 232 g/mol. The van der Waals surface area contributed by atoms with Gasteiger partial charge in [0.15, 0.2) is 0 Å². The number of halogens is 2. The lowest BCUT2D eigenvalue weighted by molar-refractivity contribution is 0.738. The minimum absolute atomic E-state index is 0. The van der Waals surface area contributed by atoms with E-state index in [0.29, 0.717) is 0 Å². The Kier molecular flexibility index (Phi) is 6.50. The van der Waals surface area contributed by atoms with Crippen LogP contribution in [0.1, 0.15) is 24.8 Å². The molecular weight excluding hydrogens is 219 g/mol. The van der Waals surface area contributed by atoms with E-state index in [1.54, 1.807) is 6.20 Å². The Hall–Kier alpha value is -0.600. The van der Waals surface area contributed by atoms with E-state index in [-0.39, 0.29) is 24.8 Å². The molecule has 1 aromatic rings. The van der Waals surface area contributed by atoms with Crippen LogP contribution in [-0.2, 0) is 0 Å². The summed E-state index contributed by atoms with van der Waals surface area (Å²) in [6, 6.07) is 4.05. The molecule has 0 unspecified atom stereocenters. The average molecular weight is 233 g/mol. The molecule has 0 N–H and O–H groups in total. The molecule has 2 rings (SSSR count). The van der Waals surface area contributed by atoms with Gasteiger partial charge in [0.05, 0.1) is 0 Å². The second kappa shape index (κ2) is 6.80. The van der Waals surface area contributed by atoms with Gasteiger partial charge in [-0.25, -0.2) is 0 Å². The molecule has 0 aliphatic carbocycles. The molecule has 0 amide bonds. The van der Waals surface area contributed by atoms with Crippen LogP contribution in [0.2, 0.25) is 0 Å². The Bertz CT molecular complexity index is 285. The molecule has 0 saturated carbocycles. The summed E-state index contributed by atoms with van der Waals surface area (Å²) in [7, 11) is 0. The second-order valence-corrected chi connectivity index (χ2v) is 3.03. The van der Waals surface area contributed by atoms with Crippen molar-refractivity contribution >= 4 is 30.5 Å². The van der Waals surface area contributed by atoms with Crippen LogP contribution in [0.25, 0.3) is 0 Å². The summed E-state index contributed by atoms with van der Waals surface area (Å²) in [4.78, 5) is 8.56. The van der Waals surface area contributed by atoms with Gasteiger partial charge in [-0.3, -0.25) is 9.98 Å². The maximum atomic E-state index is 4.48. The van der Waals surface area contributed by atoms with Crippen molar-refractivity contribution in [3.05, 3.63) is 30.1 Å². The van der Waals surface area contributed by atoms with E-state index in [0.717, 1.165) is 13.0 Å². The highest BCUT2D eigenvalue weighted by atomic mass is 35.5. The number of hydrogen-bond acceptors (Lipinski definition) is 2. The van der Waals surface area contributed by atoms with E-state index in [2.05, 4.69) is 16.0 Å². The third-order valence-corrected chi connectivity index (χ3v) is 2.12. The number of aliphatic imine (C=N–C) groups is 1. The molecule has 1 aliphatic rings. The number of aromatic nitrogens is 1. The minimum Gasteiger partial charge on any atom is -0.289 e. The predicted molar refractivity (Wildman–Crippen MR) is 64.0 cm³/mol. The zero-order chi connectivity index (χ0) is 8.23. The summed E-state index contributed by atoms with van der Waals surface area (Å²) in [5.41, 5.74) is 2.42. The third-order valence-electron chi connectivity index (χ3n) is 2.12. The van der Waals surface area contributed by atoms with Crippen molar-refractivity contribution < 1.29 is 0 Å². The fourth-order valence-electron chi connectivity index (χ4n) is 1.47. The van der Waals surface area contributed by atoms with E-state index in [9.17, 15) is 0 Å². The molecule has 4 heteroatoms. The Morgan fingerprint density at radius 2 is 2.00 bits per heavy atom. The van der Waals surface area contributed by atoms with Crippen LogP contribution in [0, 0.1) is 0 Å². The van der Waals surface area contributed by atoms with E-state index >= 15 is 0 Å². The van der Waals surface area contributed by atoms with Crippen molar-refractivity contribution in [3.8, 4) is 0 Å². The van der Waals surface area contributed by atoms with Crippen molar-refractivity contribution in [1.29, 1.82) is 0 Å². The Morgan fingerprint density at radius 1 is 1.14 bits per heavy atom. The fraction of sp³-hybridized carbons (Fsp3) is 0.400. The van der Waals surface area contributed by atoms with Crippen LogP contribution >= 0.6 is 24.8 Å². The van der Waals surface area contributed by atoms with E-state index < -0.39 is 0 Å². The van der Waals surface area contributed by atoms with Gasteiger partial charge >= 0.3 is 0 Å². The van der Waals surface area contributed by atoms with Gasteiger partial charge in [-0.2, -0.15) is 0 Å². The molecule has 1 aliphatic heterocycles. The maximum Gasteiger partial charge on any atom is 0.0436 e. The lowest BCUT2D eigenvalue weighted by atomic mass is 10.0. The first-order valence-corrected chi connectivity index (χ1v) is 4.40. The minimum atomic E-state index is 0. The highest BCUT2D eigenvalue weighted by Crippen LogP contribution is 2.11. The summed E-state index contributed by atoms with van der Waals surface area (Å²) in [5.74, 6) is 0. The third kappa shape index (κ3) is 3.28.